The molecule has 1 N–H and O–H groups in total. The molecule has 102 valence electrons. The van der Waals surface area contributed by atoms with Gasteiger partial charge in [0.15, 0.2) is 6.04 Å². The van der Waals surface area contributed by atoms with E-state index >= 15 is 0 Å². The highest BCUT2D eigenvalue weighted by Crippen LogP contribution is 2.39. The number of thiophene rings is 1. The highest BCUT2D eigenvalue weighted by atomic mass is 32.1. The maximum Gasteiger partial charge on any atom is 0.410 e. The van der Waals surface area contributed by atoms with Crippen LogP contribution < -0.4 is 5.32 Å². The number of fused-ring (bicyclic) bond motifs is 1. The molecule has 0 amide bonds. The molecule has 19 heavy (non-hydrogen) atoms. The Hall–Kier alpha value is -1.50. The van der Waals surface area contributed by atoms with Crippen LogP contribution in [0.4, 0.5) is 19.0 Å². The molecule has 2 aromatic heterocycles. The largest absolute Gasteiger partial charge is 0.410 e. The normalized spacial score (nSPS) is 19.1. The molecule has 0 saturated heterocycles. The van der Waals surface area contributed by atoms with E-state index < -0.39 is 12.2 Å². The second kappa shape index (κ2) is 4.26. The Kier molecular flexibility index (Phi) is 2.81. The van der Waals surface area contributed by atoms with Gasteiger partial charge in [0.2, 0.25) is 0 Å². The quantitative estimate of drug-likeness (QED) is 0.863. The zero-order chi connectivity index (χ0) is 13.6. The van der Waals surface area contributed by atoms with E-state index in [1.807, 2.05) is 19.1 Å². The van der Waals surface area contributed by atoms with Crippen molar-refractivity contribution in [3.63, 3.8) is 0 Å². The summed E-state index contributed by atoms with van der Waals surface area (Å²) in [6, 6.07) is 3.98. The maximum absolute atomic E-state index is 12.9. The smallest absolute Gasteiger partial charge is 0.370 e. The van der Waals surface area contributed by atoms with E-state index in [4.69, 9.17) is 0 Å². The minimum atomic E-state index is -4.26. The lowest BCUT2D eigenvalue weighted by atomic mass is 10.1. The van der Waals surface area contributed by atoms with Gasteiger partial charge >= 0.3 is 6.18 Å². The van der Waals surface area contributed by atoms with E-state index in [1.165, 1.54) is 11.3 Å². The van der Waals surface area contributed by atoms with E-state index in [1.54, 1.807) is 6.07 Å². The van der Waals surface area contributed by atoms with Crippen molar-refractivity contribution in [2.45, 2.75) is 25.6 Å². The molecule has 3 nitrogen and oxygen atoms in total. The molecule has 2 aromatic rings. The topological polar surface area (TPSA) is 29.9 Å². The number of nitrogens with zero attached hydrogens (tertiary/aromatic N) is 2. The Morgan fingerprint density at radius 1 is 1.42 bits per heavy atom. The summed E-state index contributed by atoms with van der Waals surface area (Å²) < 4.78 is 39.9. The van der Waals surface area contributed by atoms with E-state index in [2.05, 4.69) is 10.4 Å². The van der Waals surface area contributed by atoms with Gasteiger partial charge in [-0.25, -0.2) is 4.68 Å². The molecule has 0 spiro atoms. The lowest BCUT2D eigenvalue weighted by Crippen LogP contribution is -2.33. The maximum atomic E-state index is 12.9. The fraction of sp³-hybridized carbons (Fsp3) is 0.417. The Morgan fingerprint density at radius 2 is 2.21 bits per heavy atom. The van der Waals surface area contributed by atoms with Gasteiger partial charge in [-0.05, 0) is 25.5 Å². The van der Waals surface area contributed by atoms with Crippen molar-refractivity contribution in [3.05, 3.63) is 23.1 Å². The van der Waals surface area contributed by atoms with Crippen molar-refractivity contribution in [2.24, 2.45) is 0 Å². The first-order valence-corrected chi connectivity index (χ1v) is 6.74. The summed E-state index contributed by atoms with van der Waals surface area (Å²) in [4.78, 5) is 2.00. The van der Waals surface area contributed by atoms with Crippen LogP contribution in [0.1, 0.15) is 17.3 Å². The van der Waals surface area contributed by atoms with Crippen molar-refractivity contribution in [1.82, 2.24) is 9.78 Å². The number of nitrogens with one attached hydrogen (secondary N) is 1. The third kappa shape index (κ3) is 2.22. The molecule has 1 aliphatic rings. The average molecular weight is 287 g/mol. The molecular weight excluding hydrogens is 275 g/mol. The van der Waals surface area contributed by atoms with Gasteiger partial charge in [0.05, 0.1) is 4.88 Å². The molecule has 0 aromatic carbocycles. The second-order valence-electron chi connectivity index (χ2n) is 4.54. The molecule has 1 atom stereocenters. The number of hydrogen-bond acceptors (Lipinski definition) is 3. The zero-order valence-electron chi connectivity index (χ0n) is 10.2. The van der Waals surface area contributed by atoms with Gasteiger partial charge in [-0.1, -0.05) is 0 Å². The lowest BCUT2D eigenvalue weighted by molar-refractivity contribution is -0.171. The summed E-state index contributed by atoms with van der Waals surface area (Å²) in [5.74, 6) is 0.439. The van der Waals surface area contributed by atoms with Crippen LogP contribution in [0.25, 0.3) is 10.6 Å². The number of hydrogen-bond donors (Lipinski definition) is 1. The van der Waals surface area contributed by atoms with Gasteiger partial charge in [0.25, 0.3) is 0 Å². The first-order chi connectivity index (χ1) is 8.95. The van der Waals surface area contributed by atoms with E-state index in [0.29, 0.717) is 18.1 Å². The van der Waals surface area contributed by atoms with Crippen LogP contribution >= 0.6 is 11.3 Å². The second-order valence-corrected chi connectivity index (χ2v) is 5.83. The zero-order valence-corrected chi connectivity index (χ0v) is 11.0. The van der Waals surface area contributed by atoms with E-state index in [9.17, 15) is 13.2 Å². The van der Waals surface area contributed by atoms with Crippen molar-refractivity contribution >= 4 is 17.2 Å². The van der Waals surface area contributed by atoms with Crippen molar-refractivity contribution < 1.29 is 13.2 Å². The fourth-order valence-electron chi connectivity index (χ4n) is 2.22. The Balaban J connectivity index is 2.02. The molecule has 1 aliphatic heterocycles. The minimum Gasteiger partial charge on any atom is -0.370 e. The van der Waals surface area contributed by atoms with Gasteiger partial charge < -0.3 is 5.32 Å². The minimum absolute atomic E-state index is 0.0150. The summed E-state index contributed by atoms with van der Waals surface area (Å²) in [6.45, 7) is 2.28. The fourth-order valence-corrected chi connectivity index (χ4v) is 3.04. The highest BCUT2D eigenvalue weighted by molar-refractivity contribution is 7.15. The van der Waals surface area contributed by atoms with Crippen LogP contribution in [0, 0.1) is 6.92 Å². The highest BCUT2D eigenvalue weighted by Gasteiger charge is 2.44. The molecule has 0 fully saturated rings. The van der Waals surface area contributed by atoms with Gasteiger partial charge in [0, 0.05) is 17.5 Å². The number of alkyl halides is 3. The Morgan fingerprint density at radius 3 is 2.84 bits per heavy atom. The number of anilines is 1. The molecule has 3 rings (SSSR count). The van der Waals surface area contributed by atoms with Gasteiger partial charge in [-0.15, -0.1) is 11.3 Å². The number of rotatable bonds is 1. The van der Waals surface area contributed by atoms with Crippen LogP contribution in [-0.4, -0.2) is 22.5 Å². The van der Waals surface area contributed by atoms with Crippen molar-refractivity contribution in [3.8, 4) is 10.6 Å². The summed E-state index contributed by atoms with van der Waals surface area (Å²) in [7, 11) is 0. The molecule has 0 bridgehead atoms. The van der Waals surface area contributed by atoms with Crippen LogP contribution in [0.2, 0.25) is 0 Å². The van der Waals surface area contributed by atoms with E-state index in [0.717, 1.165) is 14.4 Å². The van der Waals surface area contributed by atoms with Crippen LogP contribution in [-0.2, 0) is 0 Å². The van der Waals surface area contributed by atoms with Crippen LogP contribution in [0.5, 0.6) is 0 Å². The Labute approximate surface area is 112 Å². The van der Waals surface area contributed by atoms with Gasteiger partial charge in [0.1, 0.15) is 11.5 Å². The first kappa shape index (κ1) is 12.5. The number of aryl methyl sites for hydroxylation is 1. The summed E-state index contributed by atoms with van der Waals surface area (Å²) in [5.41, 5.74) is 0.594. The predicted octanol–water partition coefficient (Wildman–Crippen LogP) is 3.84. The standard InChI is InChI=1S/C12H12F3N3S/c1-7-2-3-9(19-7)8-6-11-16-5-4-10(12(13,14)15)18(11)17-8/h2-3,6,10,16H,4-5H2,1H3. The summed E-state index contributed by atoms with van der Waals surface area (Å²) in [6.07, 6.45) is -4.24. The monoisotopic (exact) mass is 287 g/mol. The molecule has 7 heteroatoms. The third-order valence-corrected chi connectivity index (χ3v) is 4.15. The van der Waals surface area contributed by atoms with Crippen molar-refractivity contribution in [2.75, 3.05) is 11.9 Å². The summed E-state index contributed by atoms with van der Waals surface area (Å²) in [5, 5.41) is 7.09. The first-order valence-electron chi connectivity index (χ1n) is 5.92. The predicted molar refractivity (Wildman–Crippen MR) is 68.5 cm³/mol. The molecule has 0 saturated carbocycles. The SMILES string of the molecule is Cc1ccc(-c2cc3n(n2)C(C(F)(F)F)CCN3)s1. The third-order valence-electron chi connectivity index (χ3n) is 3.13. The molecule has 1 unspecified atom stereocenters. The average Bonchev–Trinajstić information content (AvgIpc) is 2.92. The number of halogens is 3. The van der Waals surface area contributed by atoms with Crippen LogP contribution in [0.15, 0.2) is 18.2 Å². The molecule has 0 aliphatic carbocycles. The molecular formula is C12H12F3N3S. The van der Waals surface area contributed by atoms with Crippen molar-refractivity contribution in [1.29, 1.82) is 0 Å². The van der Waals surface area contributed by atoms with Gasteiger partial charge in [-0.3, -0.25) is 0 Å². The molecule has 3 heterocycles. The Bertz CT molecular complexity index is 600. The molecule has 0 radical (unpaired) electrons. The summed E-state index contributed by atoms with van der Waals surface area (Å²) >= 11 is 1.53. The van der Waals surface area contributed by atoms with Crippen LogP contribution in [0.3, 0.4) is 0 Å². The van der Waals surface area contributed by atoms with E-state index in [-0.39, 0.29) is 6.42 Å². The lowest BCUT2D eigenvalue weighted by Gasteiger charge is -2.27. The number of aromatic nitrogens is 2. The van der Waals surface area contributed by atoms with Gasteiger partial charge in [-0.2, -0.15) is 18.3 Å².